The summed E-state index contributed by atoms with van der Waals surface area (Å²) in [5.41, 5.74) is 0. The lowest BCUT2D eigenvalue weighted by atomic mass is 10.0. The number of carbonyl (C=O) groups excluding carboxylic acids is 2. The lowest BCUT2D eigenvalue weighted by Crippen LogP contribution is -2.46. The number of hydrogen-bond donors (Lipinski definition) is 3. The largest absolute Gasteiger partial charge is 0.462 e. The van der Waals surface area contributed by atoms with Gasteiger partial charge in [-0.2, -0.15) is 0 Å². The van der Waals surface area contributed by atoms with E-state index in [0.29, 0.717) is 19.3 Å². The second kappa shape index (κ2) is 41.5. The van der Waals surface area contributed by atoms with Crippen LogP contribution in [0.5, 0.6) is 0 Å². The average molecular weight is 748 g/mol. The van der Waals surface area contributed by atoms with Crippen molar-refractivity contribution in [3.8, 4) is 0 Å². The molecule has 1 amide bonds. The van der Waals surface area contributed by atoms with Gasteiger partial charge in [-0.3, -0.25) is 9.59 Å². The molecule has 0 aromatic heterocycles. The highest BCUT2D eigenvalue weighted by atomic mass is 16.5. The molecule has 3 unspecified atom stereocenters. The van der Waals surface area contributed by atoms with Crippen molar-refractivity contribution >= 4 is 11.9 Å². The number of allylic oxidation sites excluding steroid dienone is 4. The number of amides is 1. The molecular weight excluding hydrogens is 659 g/mol. The highest BCUT2D eigenvalue weighted by molar-refractivity contribution is 5.77. The Balaban J connectivity index is 4.59. The Morgan fingerprint density at radius 3 is 1.53 bits per heavy atom. The van der Waals surface area contributed by atoms with Crippen LogP contribution in [0.2, 0.25) is 0 Å². The first-order valence-corrected chi connectivity index (χ1v) is 23.1. The normalized spacial score (nSPS) is 13.5. The molecule has 0 aliphatic carbocycles. The predicted octanol–water partition coefficient (Wildman–Crippen LogP) is 13.2. The van der Waals surface area contributed by atoms with E-state index >= 15 is 0 Å². The number of aliphatic hydroxyl groups is 2. The number of hydrogen-bond acceptors (Lipinski definition) is 5. The van der Waals surface area contributed by atoms with Gasteiger partial charge in [0.1, 0.15) is 6.10 Å². The standard InChI is InChI=1S/C47H89NO5/c1-4-7-10-13-16-19-22-25-26-29-32-35-38-43(53-47(52)40-37-34-31-28-24-21-18-15-12-9-6-3)41-46(51)48-44(42-49)45(50)39-36-33-30-27-23-20-17-14-11-8-5-2/h7,10,16,19,43-45,49-50H,4-6,8-9,11-15,17-18,20-42H2,1-3H3,(H,48,51)/b10-7+,19-16+. The molecule has 0 heterocycles. The highest BCUT2D eigenvalue weighted by Crippen LogP contribution is 2.18. The number of rotatable bonds is 41. The van der Waals surface area contributed by atoms with Crippen LogP contribution in [0.15, 0.2) is 24.3 Å². The Bertz CT molecular complexity index is 843. The molecule has 312 valence electrons. The first-order chi connectivity index (χ1) is 26.0. The average Bonchev–Trinajstić information content (AvgIpc) is 3.15. The van der Waals surface area contributed by atoms with Crippen molar-refractivity contribution in [2.75, 3.05) is 6.61 Å². The summed E-state index contributed by atoms with van der Waals surface area (Å²) in [5, 5.41) is 23.6. The van der Waals surface area contributed by atoms with Gasteiger partial charge in [0.25, 0.3) is 0 Å². The molecule has 3 atom stereocenters. The first kappa shape index (κ1) is 51.3. The molecule has 0 saturated heterocycles. The molecule has 53 heavy (non-hydrogen) atoms. The summed E-state index contributed by atoms with van der Waals surface area (Å²) < 4.78 is 5.89. The number of ether oxygens (including phenoxy) is 1. The van der Waals surface area contributed by atoms with Crippen molar-refractivity contribution in [2.45, 2.75) is 257 Å². The van der Waals surface area contributed by atoms with Gasteiger partial charge in [0.15, 0.2) is 0 Å². The molecule has 0 rings (SSSR count). The van der Waals surface area contributed by atoms with Crippen LogP contribution in [-0.4, -0.2) is 46.9 Å². The number of carbonyl (C=O) groups is 2. The van der Waals surface area contributed by atoms with Crippen molar-refractivity contribution in [3.05, 3.63) is 24.3 Å². The van der Waals surface area contributed by atoms with E-state index in [1.165, 1.54) is 116 Å². The third kappa shape index (κ3) is 37.1. The van der Waals surface area contributed by atoms with Crippen LogP contribution in [-0.2, 0) is 14.3 Å². The molecule has 0 fully saturated rings. The van der Waals surface area contributed by atoms with E-state index in [0.717, 1.165) is 77.0 Å². The lowest BCUT2D eigenvalue weighted by molar-refractivity contribution is -0.151. The molecule has 0 saturated carbocycles. The number of aliphatic hydroxyl groups excluding tert-OH is 2. The monoisotopic (exact) mass is 748 g/mol. The van der Waals surface area contributed by atoms with Crippen LogP contribution in [0.4, 0.5) is 0 Å². The summed E-state index contributed by atoms with van der Waals surface area (Å²) >= 11 is 0. The van der Waals surface area contributed by atoms with Crippen LogP contribution >= 0.6 is 0 Å². The van der Waals surface area contributed by atoms with E-state index in [2.05, 4.69) is 50.4 Å². The van der Waals surface area contributed by atoms with Gasteiger partial charge in [-0.25, -0.2) is 0 Å². The van der Waals surface area contributed by atoms with Gasteiger partial charge in [-0.15, -0.1) is 0 Å². The minimum atomic E-state index is -0.785. The van der Waals surface area contributed by atoms with E-state index in [9.17, 15) is 19.8 Å². The molecule has 3 N–H and O–H groups in total. The summed E-state index contributed by atoms with van der Waals surface area (Å²) in [6.45, 7) is 6.35. The topological polar surface area (TPSA) is 95.9 Å². The minimum absolute atomic E-state index is 0.0724. The number of esters is 1. The Morgan fingerprint density at radius 2 is 1.02 bits per heavy atom. The maximum atomic E-state index is 13.1. The first-order valence-electron chi connectivity index (χ1n) is 23.1. The molecule has 0 radical (unpaired) electrons. The SMILES string of the molecule is CC/C=C/C/C=C/CCCCCCCC(CC(=O)NC(CO)C(O)CCCCCCCCCCCCC)OC(=O)CCCCCCCCCCCCC. The van der Waals surface area contributed by atoms with Crippen molar-refractivity contribution in [3.63, 3.8) is 0 Å². The second-order valence-electron chi connectivity index (χ2n) is 15.8. The molecule has 0 aromatic rings. The Labute approximate surface area is 329 Å². The predicted molar refractivity (Wildman–Crippen MR) is 227 cm³/mol. The van der Waals surface area contributed by atoms with E-state index < -0.39 is 18.2 Å². The van der Waals surface area contributed by atoms with Crippen LogP contribution < -0.4 is 5.32 Å². The van der Waals surface area contributed by atoms with Crippen LogP contribution in [0.3, 0.4) is 0 Å². The van der Waals surface area contributed by atoms with Crippen molar-refractivity contribution in [1.82, 2.24) is 5.32 Å². The molecule has 0 aliphatic rings. The fourth-order valence-electron chi connectivity index (χ4n) is 7.06. The van der Waals surface area contributed by atoms with Gasteiger partial charge in [-0.1, -0.05) is 199 Å². The molecule has 0 aliphatic heterocycles. The summed E-state index contributed by atoms with van der Waals surface area (Å²) in [7, 11) is 0. The van der Waals surface area contributed by atoms with Crippen molar-refractivity contribution < 1.29 is 24.5 Å². The van der Waals surface area contributed by atoms with Crippen molar-refractivity contribution in [2.24, 2.45) is 0 Å². The smallest absolute Gasteiger partial charge is 0.306 e. The van der Waals surface area contributed by atoms with Gasteiger partial charge in [0, 0.05) is 6.42 Å². The fraction of sp³-hybridized carbons (Fsp3) is 0.872. The van der Waals surface area contributed by atoms with E-state index in [1.54, 1.807) is 0 Å². The van der Waals surface area contributed by atoms with E-state index in [4.69, 9.17) is 4.74 Å². The van der Waals surface area contributed by atoms with E-state index in [-0.39, 0.29) is 24.9 Å². The zero-order valence-corrected chi connectivity index (χ0v) is 35.4. The number of unbranched alkanes of at least 4 members (excludes halogenated alkanes) is 25. The zero-order chi connectivity index (χ0) is 38.9. The van der Waals surface area contributed by atoms with E-state index in [1.807, 2.05) is 0 Å². The molecule has 0 aromatic carbocycles. The fourth-order valence-corrected chi connectivity index (χ4v) is 7.06. The zero-order valence-electron chi connectivity index (χ0n) is 35.4. The molecular formula is C47H89NO5. The quantitative estimate of drug-likeness (QED) is 0.0329. The maximum absolute atomic E-state index is 13.1. The third-order valence-corrected chi connectivity index (χ3v) is 10.5. The molecule has 6 nitrogen and oxygen atoms in total. The van der Waals surface area contributed by atoms with Gasteiger partial charge >= 0.3 is 5.97 Å². The van der Waals surface area contributed by atoms with Gasteiger partial charge in [0.05, 0.1) is 25.2 Å². The summed E-state index contributed by atoms with van der Waals surface area (Å²) in [6, 6.07) is -0.699. The Kier molecular flexibility index (Phi) is 40.2. The lowest BCUT2D eigenvalue weighted by Gasteiger charge is -2.24. The summed E-state index contributed by atoms with van der Waals surface area (Å²) in [5.74, 6) is -0.482. The summed E-state index contributed by atoms with van der Waals surface area (Å²) in [6.07, 6.45) is 45.2. The van der Waals surface area contributed by atoms with Crippen LogP contribution in [0.25, 0.3) is 0 Å². The Hall–Kier alpha value is -1.66. The van der Waals surface area contributed by atoms with Gasteiger partial charge < -0.3 is 20.3 Å². The molecule has 0 spiro atoms. The third-order valence-electron chi connectivity index (χ3n) is 10.5. The Morgan fingerprint density at radius 1 is 0.566 bits per heavy atom. The molecule has 6 heteroatoms. The molecule has 0 bridgehead atoms. The number of nitrogens with one attached hydrogen (secondary N) is 1. The summed E-state index contributed by atoms with van der Waals surface area (Å²) in [4.78, 5) is 25.9. The maximum Gasteiger partial charge on any atom is 0.306 e. The van der Waals surface area contributed by atoms with Crippen LogP contribution in [0.1, 0.15) is 239 Å². The van der Waals surface area contributed by atoms with Gasteiger partial charge in [0.2, 0.25) is 5.91 Å². The van der Waals surface area contributed by atoms with Crippen LogP contribution in [0, 0.1) is 0 Å². The second-order valence-corrected chi connectivity index (χ2v) is 15.8. The van der Waals surface area contributed by atoms with Gasteiger partial charge in [-0.05, 0) is 51.4 Å². The minimum Gasteiger partial charge on any atom is -0.462 e. The highest BCUT2D eigenvalue weighted by Gasteiger charge is 2.24. The van der Waals surface area contributed by atoms with Crippen molar-refractivity contribution in [1.29, 1.82) is 0 Å².